The summed E-state index contributed by atoms with van der Waals surface area (Å²) < 4.78 is 5.41. The maximum absolute atomic E-state index is 12.4. The zero-order valence-corrected chi connectivity index (χ0v) is 14.4. The Bertz CT molecular complexity index is 658. The minimum absolute atomic E-state index is 0.136. The van der Waals surface area contributed by atoms with Crippen molar-refractivity contribution in [2.24, 2.45) is 17.3 Å². The van der Waals surface area contributed by atoms with Crippen LogP contribution < -0.4 is 5.32 Å². The number of carbonyl (C=O) groups excluding carboxylic acids is 1. The maximum Gasteiger partial charge on any atom is 0.407 e. The van der Waals surface area contributed by atoms with Crippen LogP contribution in [0.5, 0.6) is 0 Å². The Balaban J connectivity index is 1.43. The third-order valence-electron chi connectivity index (χ3n) is 6.29. The van der Waals surface area contributed by atoms with Crippen LogP contribution in [0.15, 0.2) is 30.3 Å². The van der Waals surface area contributed by atoms with E-state index in [0.717, 1.165) is 37.7 Å². The lowest BCUT2D eigenvalue weighted by atomic mass is 9.46. The Labute approximate surface area is 147 Å². The number of carbonyl (C=O) groups is 2. The molecule has 4 aliphatic rings. The monoisotopic (exact) mass is 343 g/mol. The predicted molar refractivity (Wildman–Crippen MR) is 91.9 cm³/mol. The highest BCUT2D eigenvalue weighted by Gasteiger charge is 2.58. The van der Waals surface area contributed by atoms with Crippen LogP contribution in [0.3, 0.4) is 0 Å². The molecule has 4 fully saturated rings. The van der Waals surface area contributed by atoms with Gasteiger partial charge in [-0.3, -0.25) is 4.79 Å². The van der Waals surface area contributed by atoms with Crippen molar-refractivity contribution in [2.75, 3.05) is 0 Å². The van der Waals surface area contributed by atoms with E-state index in [1.807, 2.05) is 30.3 Å². The van der Waals surface area contributed by atoms with Crippen LogP contribution in [0.2, 0.25) is 0 Å². The van der Waals surface area contributed by atoms with Crippen molar-refractivity contribution in [1.29, 1.82) is 0 Å². The van der Waals surface area contributed by atoms with Gasteiger partial charge in [0.15, 0.2) is 0 Å². The number of amides is 1. The number of hydrogen-bond acceptors (Lipinski definition) is 3. The SMILES string of the molecule is O=C(O)CC12CC3CC(C1)CC(NC(=O)OCc1ccccc1)(C3)C2. The molecule has 2 N–H and O–H groups in total. The van der Waals surface area contributed by atoms with Gasteiger partial charge in [0.1, 0.15) is 6.61 Å². The van der Waals surface area contributed by atoms with Crippen LogP contribution in [0, 0.1) is 17.3 Å². The van der Waals surface area contributed by atoms with Crippen LogP contribution in [0.4, 0.5) is 4.79 Å². The van der Waals surface area contributed by atoms with Gasteiger partial charge in [-0.15, -0.1) is 0 Å². The van der Waals surface area contributed by atoms with Crippen LogP contribution in [0.25, 0.3) is 0 Å². The van der Waals surface area contributed by atoms with Gasteiger partial charge < -0.3 is 15.2 Å². The van der Waals surface area contributed by atoms with Gasteiger partial charge in [0, 0.05) is 5.54 Å². The van der Waals surface area contributed by atoms with Crippen molar-refractivity contribution in [3.8, 4) is 0 Å². The molecular formula is C20H25NO4. The highest BCUT2D eigenvalue weighted by Crippen LogP contribution is 2.62. The quantitative estimate of drug-likeness (QED) is 0.854. The summed E-state index contributed by atoms with van der Waals surface area (Å²) in [6.45, 7) is 0.260. The van der Waals surface area contributed by atoms with E-state index in [1.54, 1.807) is 0 Å². The van der Waals surface area contributed by atoms with Gasteiger partial charge in [-0.05, 0) is 61.3 Å². The predicted octanol–water partition coefficient (Wildman–Crippen LogP) is 3.73. The summed E-state index contributed by atoms with van der Waals surface area (Å²) in [5, 5.41) is 12.5. The second kappa shape index (κ2) is 6.04. The highest BCUT2D eigenvalue weighted by molar-refractivity contribution is 5.69. The fraction of sp³-hybridized carbons (Fsp3) is 0.600. The molecular weight excluding hydrogens is 318 g/mol. The molecule has 0 aliphatic heterocycles. The lowest BCUT2D eigenvalue weighted by Crippen LogP contribution is -2.63. The van der Waals surface area contributed by atoms with Crippen molar-refractivity contribution >= 4 is 12.1 Å². The normalized spacial score (nSPS) is 35.4. The lowest BCUT2D eigenvalue weighted by molar-refractivity contribution is -0.147. The number of rotatable bonds is 5. The zero-order valence-electron chi connectivity index (χ0n) is 14.4. The molecule has 134 valence electrons. The Morgan fingerprint density at radius 3 is 2.44 bits per heavy atom. The fourth-order valence-corrected chi connectivity index (χ4v) is 6.10. The molecule has 4 saturated carbocycles. The van der Waals surface area contributed by atoms with Gasteiger partial charge in [-0.25, -0.2) is 4.79 Å². The van der Waals surface area contributed by atoms with Gasteiger partial charge in [0.05, 0.1) is 6.42 Å². The van der Waals surface area contributed by atoms with Crippen LogP contribution in [0.1, 0.15) is 50.5 Å². The standard InChI is InChI=1S/C20H25NO4/c22-17(23)11-19-7-15-6-16(8-19)10-20(9-15,13-19)21-18(24)25-12-14-4-2-1-3-5-14/h1-5,15-16H,6-13H2,(H,21,24)(H,22,23). The van der Waals surface area contributed by atoms with Gasteiger partial charge in [0.2, 0.25) is 0 Å². The van der Waals surface area contributed by atoms with Crippen molar-refractivity contribution in [3.63, 3.8) is 0 Å². The topological polar surface area (TPSA) is 75.6 Å². The van der Waals surface area contributed by atoms with E-state index in [1.165, 1.54) is 6.42 Å². The molecule has 4 bridgehead atoms. The van der Waals surface area contributed by atoms with Gasteiger partial charge >= 0.3 is 12.1 Å². The Hall–Kier alpha value is -2.04. The molecule has 1 amide bonds. The number of carboxylic acids is 1. The third kappa shape index (κ3) is 3.37. The molecule has 1 aromatic rings. The van der Waals surface area contributed by atoms with Crippen molar-refractivity contribution in [2.45, 2.75) is 57.1 Å². The molecule has 0 aromatic heterocycles. The van der Waals surface area contributed by atoms with Crippen LogP contribution >= 0.6 is 0 Å². The fourth-order valence-electron chi connectivity index (χ4n) is 6.10. The zero-order chi connectivity index (χ0) is 17.5. The number of alkyl carbamates (subject to hydrolysis) is 1. The third-order valence-corrected chi connectivity index (χ3v) is 6.29. The van der Waals surface area contributed by atoms with E-state index in [-0.39, 0.29) is 30.1 Å². The van der Waals surface area contributed by atoms with Gasteiger partial charge in [-0.2, -0.15) is 0 Å². The molecule has 2 atom stereocenters. The van der Waals surface area contributed by atoms with Gasteiger partial charge in [-0.1, -0.05) is 30.3 Å². The number of aliphatic carboxylic acids is 1. The summed E-state index contributed by atoms with van der Waals surface area (Å²) in [6, 6.07) is 9.64. The summed E-state index contributed by atoms with van der Waals surface area (Å²) in [5.74, 6) is 0.355. The molecule has 25 heavy (non-hydrogen) atoms. The first-order chi connectivity index (χ1) is 12.0. The first kappa shape index (κ1) is 16.4. The Kier molecular flexibility index (Phi) is 3.97. The van der Waals surface area contributed by atoms with E-state index >= 15 is 0 Å². The van der Waals surface area contributed by atoms with Crippen LogP contribution in [-0.4, -0.2) is 22.7 Å². The van der Waals surface area contributed by atoms with Crippen molar-refractivity contribution in [1.82, 2.24) is 5.32 Å². The van der Waals surface area contributed by atoms with E-state index in [0.29, 0.717) is 11.8 Å². The summed E-state index contributed by atoms with van der Waals surface area (Å²) in [4.78, 5) is 23.7. The van der Waals surface area contributed by atoms with E-state index < -0.39 is 5.97 Å². The molecule has 5 heteroatoms. The van der Waals surface area contributed by atoms with Crippen LogP contribution in [-0.2, 0) is 16.1 Å². The molecule has 5 rings (SSSR count). The summed E-state index contributed by atoms with van der Waals surface area (Å²) in [6.07, 6.45) is 5.73. The van der Waals surface area contributed by atoms with E-state index in [4.69, 9.17) is 4.74 Å². The molecule has 1 aromatic carbocycles. The number of nitrogens with one attached hydrogen (secondary N) is 1. The largest absolute Gasteiger partial charge is 0.481 e. The summed E-state index contributed by atoms with van der Waals surface area (Å²) in [5.41, 5.74) is 0.557. The van der Waals surface area contributed by atoms with Crippen molar-refractivity contribution in [3.05, 3.63) is 35.9 Å². The van der Waals surface area contributed by atoms with Crippen molar-refractivity contribution < 1.29 is 19.4 Å². The summed E-state index contributed by atoms with van der Waals surface area (Å²) >= 11 is 0. The Morgan fingerprint density at radius 2 is 1.80 bits per heavy atom. The van der Waals surface area contributed by atoms with E-state index in [2.05, 4.69) is 5.32 Å². The smallest absolute Gasteiger partial charge is 0.407 e. The second-order valence-corrected chi connectivity index (χ2v) is 8.50. The number of ether oxygens (including phenoxy) is 1. The molecule has 5 nitrogen and oxygen atoms in total. The number of hydrogen-bond donors (Lipinski definition) is 2. The molecule has 0 spiro atoms. The average molecular weight is 343 g/mol. The molecule has 0 saturated heterocycles. The highest BCUT2D eigenvalue weighted by atomic mass is 16.5. The number of carboxylic acid groups (broad SMARTS) is 1. The number of benzene rings is 1. The lowest BCUT2D eigenvalue weighted by Gasteiger charge is -2.61. The Morgan fingerprint density at radius 1 is 1.12 bits per heavy atom. The van der Waals surface area contributed by atoms with E-state index in [9.17, 15) is 14.7 Å². The minimum atomic E-state index is -0.719. The molecule has 4 aliphatic carbocycles. The first-order valence-electron chi connectivity index (χ1n) is 9.17. The minimum Gasteiger partial charge on any atom is -0.481 e. The second-order valence-electron chi connectivity index (χ2n) is 8.50. The maximum atomic E-state index is 12.4. The molecule has 2 unspecified atom stereocenters. The average Bonchev–Trinajstić information content (AvgIpc) is 2.51. The first-order valence-corrected chi connectivity index (χ1v) is 9.17. The molecule has 0 heterocycles. The molecule has 0 radical (unpaired) electrons. The summed E-state index contributed by atoms with van der Waals surface area (Å²) in [7, 11) is 0. The van der Waals surface area contributed by atoms with Gasteiger partial charge in [0.25, 0.3) is 0 Å².